The number of benzene rings is 1. The summed E-state index contributed by atoms with van der Waals surface area (Å²) < 4.78 is 1.94. The summed E-state index contributed by atoms with van der Waals surface area (Å²) in [6, 6.07) is 10.3. The average Bonchev–Trinajstić information content (AvgIpc) is 3.07. The first-order valence-corrected chi connectivity index (χ1v) is 5.72. The molecule has 82 valence electrons. The van der Waals surface area contributed by atoms with Crippen LogP contribution in [0.3, 0.4) is 0 Å². The molecule has 2 N–H and O–H groups in total. The van der Waals surface area contributed by atoms with Crippen LogP contribution in [0.5, 0.6) is 0 Å². The van der Waals surface area contributed by atoms with Crippen LogP contribution in [-0.4, -0.2) is 9.78 Å². The standard InChI is InChI=1S/C13H15N3/c14-9-11-3-1-2-4-13(11)16-8-7-12(15-16)10-5-6-10/h1-4,7-8,10H,5-6,9,14H2. The van der Waals surface area contributed by atoms with Crippen molar-refractivity contribution in [3.8, 4) is 5.69 Å². The molecule has 1 fully saturated rings. The first-order chi connectivity index (χ1) is 7.88. The van der Waals surface area contributed by atoms with E-state index in [1.54, 1.807) is 0 Å². The molecule has 0 unspecified atom stereocenters. The van der Waals surface area contributed by atoms with E-state index in [0.717, 1.165) is 11.3 Å². The Kier molecular flexibility index (Phi) is 2.26. The Labute approximate surface area is 94.9 Å². The van der Waals surface area contributed by atoms with E-state index in [4.69, 9.17) is 5.73 Å². The van der Waals surface area contributed by atoms with Gasteiger partial charge in [-0.2, -0.15) is 5.10 Å². The molecule has 1 heterocycles. The van der Waals surface area contributed by atoms with E-state index in [2.05, 4.69) is 17.2 Å². The third-order valence-electron chi connectivity index (χ3n) is 3.06. The van der Waals surface area contributed by atoms with Crippen molar-refractivity contribution in [2.45, 2.75) is 25.3 Å². The summed E-state index contributed by atoms with van der Waals surface area (Å²) in [6.07, 6.45) is 4.60. The quantitative estimate of drug-likeness (QED) is 0.849. The molecule has 0 radical (unpaired) electrons. The number of aromatic nitrogens is 2. The lowest BCUT2D eigenvalue weighted by Crippen LogP contribution is -2.04. The van der Waals surface area contributed by atoms with Crippen LogP contribution >= 0.6 is 0 Å². The predicted octanol–water partition coefficient (Wildman–Crippen LogP) is 2.21. The van der Waals surface area contributed by atoms with Gasteiger partial charge in [0.2, 0.25) is 0 Å². The van der Waals surface area contributed by atoms with Crippen molar-refractivity contribution in [1.82, 2.24) is 9.78 Å². The van der Waals surface area contributed by atoms with E-state index in [-0.39, 0.29) is 0 Å². The molecular formula is C13H15N3. The van der Waals surface area contributed by atoms with E-state index in [9.17, 15) is 0 Å². The Morgan fingerprint density at radius 1 is 1.25 bits per heavy atom. The second-order valence-electron chi connectivity index (χ2n) is 4.29. The number of nitrogens with two attached hydrogens (primary N) is 1. The fourth-order valence-corrected chi connectivity index (χ4v) is 1.98. The van der Waals surface area contributed by atoms with E-state index in [0.29, 0.717) is 12.5 Å². The van der Waals surface area contributed by atoms with Gasteiger partial charge in [0.1, 0.15) is 0 Å². The minimum Gasteiger partial charge on any atom is -0.326 e. The molecule has 3 nitrogen and oxygen atoms in total. The van der Waals surface area contributed by atoms with Gasteiger partial charge in [-0.15, -0.1) is 0 Å². The van der Waals surface area contributed by atoms with Gasteiger partial charge in [0, 0.05) is 18.7 Å². The first-order valence-electron chi connectivity index (χ1n) is 5.72. The minimum atomic E-state index is 0.550. The highest BCUT2D eigenvalue weighted by Gasteiger charge is 2.25. The molecule has 1 aliphatic carbocycles. The lowest BCUT2D eigenvalue weighted by molar-refractivity contribution is 0.823. The van der Waals surface area contributed by atoms with Gasteiger partial charge in [0.05, 0.1) is 11.4 Å². The lowest BCUT2D eigenvalue weighted by Gasteiger charge is -2.06. The van der Waals surface area contributed by atoms with Crippen LogP contribution in [0, 0.1) is 0 Å². The second-order valence-corrected chi connectivity index (χ2v) is 4.29. The van der Waals surface area contributed by atoms with Gasteiger partial charge in [-0.3, -0.25) is 0 Å². The maximum atomic E-state index is 5.73. The van der Waals surface area contributed by atoms with Crippen LogP contribution in [0.1, 0.15) is 30.0 Å². The van der Waals surface area contributed by atoms with E-state index >= 15 is 0 Å². The molecule has 0 amide bonds. The molecule has 0 saturated heterocycles. The van der Waals surface area contributed by atoms with Gasteiger partial charge in [0.25, 0.3) is 0 Å². The number of nitrogens with zero attached hydrogens (tertiary/aromatic N) is 2. The van der Waals surface area contributed by atoms with Crippen molar-refractivity contribution in [3.63, 3.8) is 0 Å². The monoisotopic (exact) mass is 213 g/mol. The van der Waals surface area contributed by atoms with Crippen LogP contribution in [-0.2, 0) is 6.54 Å². The van der Waals surface area contributed by atoms with Gasteiger partial charge in [-0.25, -0.2) is 4.68 Å². The zero-order valence-electron chi connectivity index (χ0n) is 9.13. The normalized spacial score (nSPS) is 15.3. The van der Waals surface area contributed by atoms with E-state index in [1.165, 1.54) is 18.5 Å². The van der Waals surface area contributed by atoms with Crippen LogP contribution in [0.25, 0.3) is 5.69 Å². The summed E-state index contributed by atoms with van der Waals surface area (Å²) in [5, 5.41) is 4.61. The van der Waals surface area contributed by atoms with Crippen molar-refractivity contribution < 1.29 is 0 Å². The Morgan fingerprint density at radius 2 is 2.06 bits per heavy atom. The highest BCUT2D eigenvalue weighted by Crippen LogP contribution is 2.39. The van der Waals surface area contributed by atoms with Crippen molar-refractivity contribution in [2.24, 2.45) is 5.73 Å². The lowest BCUT2D eigenvalue weighted by atomic mass is 10.2. The Morgan fingerprint density at radius 3 is 2.81 bits per heavy atom. The predicted molar refractivity (Wildman–Crippen MR) is 63.4 cm³/mol. The Balaban J connectivity index is 2.00. The smallest absolute Gasteiger partial charge is 0.0690 e. The highest BCUT2D eigenvalue weighted by molar-refractivity contribution is 5.40. The Hall–Kier alpha value is -1.61. The topological polar surface area (TPSA) is 43.8 Å². The number of para-hydroxylation sites is 1. The van der Waals surface area contributed by atoms with Gasteiger partial charge >= 0.3 is 0 Å². The molecule has 2 aromatic rings. The molecule has 1 aromatic carbocycles. The second kappa shape index (κ2) is 3.76. The molecule has 3 heteroatoms. The molecule has 1 saturated carbocycles. The molecule has 0 atom stereocenters. The van der Waals surface area contributed by atoms with Crippen molar-refractivity contribution in [3.05, 3.63) is 47.8 Å². The van der Waals surface area contributed by atoms with Crippen LogP contribution < -0.4 is 5.73 Å². The van der Waals surface area contributed by atoms with Crippen LogP contribution in [0.15, 0.2) is 36.5 Å². The molecule has 0 aliphatic heterocycles. The summed E-state index contributed by atoms with van der Waals surface area (Å²) in [5.74, 6) is 0.700. The highest BCUT2D eigenvalue weighted by atomic mass is 15.3. The number of rotatable bonds is 3. The van der Waals surface area contributed by atoms with E-state index < -0.39 is 0 Å². The van der Waals surface area contributed by atoms with Crippen molar-refractivity contribution in [1.29, 1.82) is 0 Å². The Bertz CT molecular complexity index is 497. The maximum Gasteiger partial charge on any atom is 0.0690 e. The molecule has 16 heavy (non-hydrogen) atoms. The summed E-state index contributed by atoms with van der Waals surface area (Å²) >= 11 is 0. The number of hydrogen-bond acceptors (Lipinski definition) is 2. The van der Waals surface area contributed by atoms with Crippen molar-refractivity contribution >= 4 is 0 Å². The first kappa shape index (κ1) is 9.60. The van der Waals surface area contributed by atoms with Gasteiger partial charge < -0.3 is 5.73 Å². The summed E-state index contributed by atoms with van der Waals surface area (Å²) in [4.78, 5) is 0. The largest absolute Gasteiger partial charge is 0.326 e. The summed E-state index contributed by atoms with van der Waals surface area (Å²) in [7, 11) is 0. The minimum absolute atomic E-state index is 0.550. The fraction of sp³-hybridized carbons (Fsp3) is 0.308. The maximum absolute atomic E-state index is 5.73. The fourth-order valence-electron chi connectivity index (χ4n) is 1.98. The summed E-state index contributed by atoms with van der Waals surface area (Å²) in [5.41, 5.74) is 9.17. The van der Waals surface area contributed by atoms with Crippen LogP contribution in [0.2, 0.25) is 0 Å². The molecule has 1 aromatic heterocycles. The number of hydrogen-bond donors (Lipinski definition) is 1. The van der Waals surface area contributed by atoms with Crippen molar-refractivity contribution in [2.75, 3.05) is 0 Å². The zero-order valence-corrected chi connectivity index (χ0v) is 9.13. The van der Waals surface area contributed by atoms with Crippen LogP contribution in [0.4, 0.5) is 0 Å². The SMILES string of the molecule is NCc1ccccc1-n1ccc(C2CC2)n1. The van der Waals surface area contributed by atoms with E-state index in [1.807, 2.05) is 29.1 Å². The zero-order chi connectivity index (χ0) is 11.0. The molecule has 1 aliphatic rings. The van der Waals surface area contributed by atoms with Gasteiger partial charge in [-0.1, -0.05) is 18.2 Å². The summed E-state index contributed by atoms with van der Waals surface area (Å²) in [6.45, 7) is 0.550. The van der Waals surface area contributed by atoms with Gasteiger partial charge in [0.15, 0.2) is 0 Å². The molecule has 0 bridgehead atoms. The molecule has 0 spiro atoms. The average molecular weight is 213 g/mol. The third-order valence-corrected chi connectivity index (χ3v) is 3.06. The van der Waals surface area contributed by atoms with Gasteiger partial charge in [-0.05, 0) is 30.5 Å². The molecule has 3 rings (SSSR count). The molecular weight excluding hydrogens is 198 g/mol. The third kappa shape index (κ3) is 1.63.